The molecule has 0 aromatic rings. The molecule has 160 valence electrons. The number of rotatable bonds is 3. The first-order valence-electron chi connectivity index (χ1n) is 11.7. The van der Waals surface area contributed by atoms with E-state index in [9.17, 15) is 19.8 Å². The lowest BCUT2D eigenvalue weighted by Crippen LogP contribution is -2.59. The van der Waals surface area contributed by atoms with Crippen molar-refractivity contribution in [2.75, 3.05) is 0 Å². The van der Waals surface area contributed by atoms with E-state index in [2.05, 4.69) is 27.7 Å². The van der Waals surface area contributed by atoms with Gasteiger partial charge in [-0.05, 0) is 90.4 Å². The molecular weight excluding hydrogens is 364 g/mol. The zero-order valence-electron chi connectivity index (χ0n) is 18.3. The fourth-order valence-electron chi connectivity index (χ4n) is 9.15. The Morgan fingerprint density at radius 2 is 1.93 bits per heavy atom. The van der Waals surface area contributed by atoms with Crippen LogP contribution in [0.25, 0.3) is 0 Å². The second-order valence-corrected chi connectivity index (χ2v) is 11.6. The van der Waals surface area contributed by atoms with Crippen LogP contribution < -0.4 is 0 Å². The third kappa shape index (κ3) is 2.36. The number of hydrogen-bond donors (Lipinski definition) is 2. The average Bonchev–Trinajstić information content (AvgIpc) is 3.42. The van der Waals surface area contributed by atoms with E-state index in [4.69, 9.17) is 0 Å². The molecule has 4 nitrogen and oxygen atoms in total. The van der Waals surface area contributed by atoms with E-state index in [0.717, 1.165) is 25.7 Å². The van der Waals surface area contributed by atoms with Gasteiger partial charge < -0.3 is 10.2 Å². The highest BCUT2D eigenvalue weighted by Gasteiger charge is 2.76. The Morgan fingerprint density at radius 1 is 1.21 bits per heavy atom. The molecule has 2 N–H and O–H groups in total. The lowest BCUT2D eigenvalue weighted by Gasteiger charge is -2.63. The maximum absolute atomic E-state index is 12.2. The molecule has 0 spiro atoms. The molecule has 10 atom stereocenters. The highest BCUT2D eigenvalue weighted by Crippen LogP contribution is 2.78. The Balaban J connectivity index is 1.54. The largest absolute Gasteiger partial charge is 0.481 e. The minimum Gasteiger partial charge on any atom is -0.481 e. The predicted octanol–water partition coefficient (Wildman–Crippen LogP) is 4.46. The minimum absolute atomic E-state index is 0.0643. The summed E-state index contributed by atoms with van der Waals surface area (Å²) in [4.78, 5) is 23.5. The van der Waals surface area contributed by atoms with Gasteiger partial charge >= 0.3 is 5.97 Å². The van der Waals surface area contributed by atoms with Crippen LogP contribution in [0.15, 0.2) is 11.6 Å². The number of aliphatic hydroxyl groups is 1. The van der Waals surface area contributed by atoms with Gasteiger partial charge in [-0.3, -0.25) is 9.59 Å². The fourth-order valence-corrected chi connectivity index (χ4v) is 9.15. The number of carbonyl (C=O) groups is 2. The molecule has 0 heterocycles. The Hall–Kier alpha value is -1.16. The third-order valence-electron chi connectivity index (χ3n) is 10.8. The van der Waals surface area contributed by atoms with Crippen LogP contribution in [0.1, 0.15) is 72.6 Å². The van der Waals surface area contributed by atoms with Gasteiger partial charge in [-0.25, -0.2) is 0 Å². The molecule has 4 heteroatoms. The summed E-state index contributed by atoms with van der Waals surface area (Å²) in [5, 5.41) is 21.1. The van der Waals surface area contributed by atoms with Gasteiger partial charge in [0.1, 0.15) is 0 Å². The fraction of sp³-hybridized carbons (Fsp3) is 0.840. The monoisotopic (exact) mass is 400 g/mol. The molecule has 4 fully saturated rings. The maximum Gasteiger partial charge on any atom is 0.303 e. The highest BCUT2D eigenvalue weighted by molar-refractivity contribution is 5.91. The van der Waals surface area contributed by atoms with E-state index >= 15 is 0 Å². The Morgan fingerprint density at radius 3 is 2.62 bits per heavy atom. The van der Waals surface area contributed by atoms with Gasteiger partial charge in [0.25, 0.3) is 0 Å². The molecule has 10 unspecified atom stereocenters. The van der Waals surface area contributed by atoms with Crippen molar-refractivity contribution in [2.24, 2.45) is 52.3 Å². The van der Waals surface area contributed by atoms with Crippen LogP contribution in [0.3, 0.4) is 0 Å². The smallest absolute Gasteiger partial charge is 0.303 e. The molecule has 0 bridgehead atoms. The summed E-state index contributed by atoms with van der Waals surface area (Å²) in [5.41, 5.74) is 0.497. The lowest BCUT2D eigenvalue weighted by molar-refractivity contribution is -0.168. The Kier molecular flexibility index (Phi) is 4.07. The second-order valence-electron chi connectivity index (χ2n) is 11.6. The number of allylic oxidation sites excluding steroid dienone is 1. The Bertz CT molecular complexity index is 801. The van der Waals surface area contributed by atoms with Crippen molar-refractivity contribution in [2.45, 2.75) is 78.2 Å². The molecule has 0 radical (unpaired) electrons. The molecule has 0 aromatic carbocycles. The van der Waals surface area contributed by atoms with Crippen LogP contribution in [0, 0.1) is 52.3 Å². The first-order valence-corrected chi connectivity index (χ1v) is 11.7. The average molecular weight is 401 g/mol. The van der Waals surface area contributed by atoms with Crippen molar-refractivity contribution in [3.63, 3.8) is 0 Å². The van der Waals surface area contributed by atoms with E-state index in [1.807, 2.05) is 6.08 Å². The van der Waals surface area contributed by atoms with Gasteiger partial charge in [-0.15, -0.1) is 0 Å². The SMILES string of the molecule is CC1C2=CC(=O)CCC2(C)C2CCC3(C)C(C4CC4C3(O)CCC(=O)O)C2C1C. The first-order chi connectivity index (χ1) is 13.5. The quantitative estimate of drug-likeness (QED) is 0.733. The van der Waals surface area contributed by atoms with Crippen molar-refractivity contribution in [3.05, 3.63) is 11.6 Å². The molecular formula is C25H36O4. The molecule has 29 heavy (non-hydrogen) atoms. The van der Waals surface area contributed by atoms with Gasteiger partial charge in [0.15, 0.2) is 5.78 Å². The van der Waals surface area contributed by atoms with E-state index in [-0.39, 0.29) is 23.2 Å². The van der Waals surface area contributed by atoms with Crippen LogP contribution in [-0.2, 0) is 9.59 Å². The number of carboxylic acids is 1. The summed E-state index contributed by atoms with van der Waals surface area (Å²) in [6.45, 7) is 9.37. The summed E-state index contributed by atoms with van der Waals surface area (Å²) >= 11 is 0. The maximum atomic E-state index is 12.2. The Labute approximate surface area is 174 Å². The van der Waals surface area contributed by atoms with Crippen LogP contribution in [0.5, 0.6) is 0 Å². The number of carboxylic acid groups (broad SMARTS) is 1. The normalized spacial score (nSPS) is 55.3. The summed E-state index contributed by atoms with van der Waals surface area (Å²) in [7, 11) is 0. The van der Waals surface area contributed by atoms with E-state index < -0.39 is 11.6 Å². The molecule has 0 aliphatic heterocycles. The van der Waals surface area contributed by atoms with Gasteiger partial charge in [0.2, 0.25) is 0 Å². The van der Waals surface area contributed by atoms with E-state index in [0.29, 0.717) is 54.1 Å². The van der Waals surface area contributed by atoms with Crippen LogP contribution in [0.2, 0.25) is 0 Å². The summed E-state index contributed by atoms with van der Waals surface area (Å²) in [5.74, 6) is 2.86. The molecule has 5 aliphatic rings. The van der Waals surface area contributed by atoms with Crippen LogP contribution in [0.4, 0.5) is 0 Å². The summed E-state index contributed by atoms with van der Waals surface area (Å²) in [6.07, 6.45) is 7.22. The number of carbonyl (C=O) groups excluding carboxylic acids is 1. The topological polar surface area (TPSA) is 74.6 Å². The predicted molar refractivity (Wildman–Crippen MR) is 110 cm³/mol. The molecule has 5 rings (SSSR count). The third-order valence-corrected chi connectivity index (χ3v) is 10.8. The zero-order valence-corrected chi connectivity index (χ0v) is 18.3. The highest BCUT2D eigenvalue weighted by atomic mass is 16.4. The van der Waals surface area contributed by atoms with Crippen molar-refractivity contribution in [1.82, 2.24) is 0 Å². The molecule has 0 amide bonds. The first kappa shape index (κ1) is 19.8. The number of hydrogen-bond acceptors (Lipinski definition) is 3. The molecule has 0 saturated heterocycles. The van der Waals surface area contributed by atoms with Crippen molar-refractivity contribution < 1.29 is 19.8 Å². The number of ketones is 1. The second kappa shape index (κ2) is 5.96. The number of aliphatic carboxylic acids is 1. The number of fused-ring (bicyclic) bond motifs is 7. The van der Waals surface area contributed by atoms with Crippen LogP contribution in [-0.4, -0.2) is 27.6 Å². The van der Waals surface area contributed by atoms with Crippen molar-refractivity contribution in [1.29, 1.82) is 0 Å². The molecule has 4 saturated carbocycles. The van der Waals surface area contributed by atoms with Crippen LogP contribution >= 0.6 is 0 Å². The van der Waals surface area contributed by atoms with Crippen molar-refractivity contribution >= 4 is 11.8 Å². The zero-order chi connectivity index (χ0) is 20.9. The molecule has 5 aliphatic carbocycles. The summed E-state index contributed by atoms with van der Waals surface area (Å²) < 4.78 is 0. The van der Waals surface area contributed by atoms with Gasteiger partial charge in [-0.2, -0.15) is 0 Å². The summed E-state index contributed by atoms with van der Waals surface area (Å²) in [6, 6.07) is 0. The van der Waals surface area contributed by atoms with Crippen molar-refractivity contribution in [3.8, 4) is 0 Å². The van der Waals surface area contributed by atoms with E-state index in [1.54, 1.807) is 0 Å². The van der Waals surface area contributed by atoms with E-state index in [1.165, 1.54) is 5.57 Å². The standard InChI is InChI=1S/C25H36O4/c1-13-14(2)21-17(23(3)8-5-15(26)11-18(13)23)6-9-24(4)22(21)16-12-19(16)25(24,29)10-7-20(27)28/h11,13-14,16-17,19,21-22,29H,5-10,12H2,1-4H3,(H,27,28). The van der Waals surface area contributed by atoms with Gasteiger partial charge in [0, 0.05) is 12.8 Å². The van der Waals surface area contributed by atoms with Gasteiger partial charge in [-0.1, -0.05) is 33.3 Å². The minimum atomic E-state index is -0.825. The molecule has 0 aromatic heterocycles. The van der Waals surface area contributed by atoms with Gasteiger partial charge in [0.05, 0.1) is 5.60 Å². The lowest BCUT2D eigenvalue weighted by atomic mass is 9.41.